The second kappa shape index (κ2) is 15.9. The van der Waals surface area contributed by atoms with Crippen LogP contribution in [0.25, 0.3) is 0 Å². The molecule has 2 heterocycles. The summed E-state index contributed by atoms with van der Waals surface area (Å²) in [6.07, 6.45) is 1.26. The van der Waals surface area contributed by atoms with Crippen LogP contribution in [-0.4, -0.2) is 92.7 Å². The van der Waals surface area contributed by atoms with E-state index in [9.17, 15) is 13.2 Å². The Morgan fingerprint density at radius 1 is 0.896 bits per heavy atom. The topological polar surface area (TPSA) is 82.5 Å². The van der Waals surface area contributed by atoms with Crippen LogP contribution < -0.4 is 4.74 Å². The van der Waals surface area contributed by atoms with E-state index in [1.54, 1.807) is 0 Å². The summed E-state index contributed by atoms with van der Waals surface area (Å²) in [6.45, 7) is 12.3. The van der Waals surface area contributed by atoms with Gasteiger partial charge in [0.25, 0.3) is 0 Å². The molecule has 260 valence electrons. The molecule has 3 aromatic rings. The van der Waals surface area contributed by atoms with E-state index in [0.29, 0.717) is 61.0 Å². The van der Waals surface area contributed by atoms with Gasteiger partial charge in [0.15, 0.2) is 0 Å². The van der Waals surface area contributed by atoms with E-state index in [4.69, 9.17) is 32.9 Å². The van der Waals surface area contributed by atoms with Crippen molar-refractivity contribution < 1.29 is 17.9 Å². The minimum atomic E-state index is -3.04. The van der Waals surface area contributed by atoms with E-state index >= 15 is 0 Å². The molecule has 5 rings (SSSR count). The minimum absolute atomic E-state index is 0. The van der Waals surface area contributed by atoms with Crippen molar-refractivity contribution >= 4 is 57.2 Å². The van der Waals surface area contributed by atoms with Crippen LogP contribution in [0, 0.1) is 0 Å². The standard InChI is InChI=1S/C36H44Cl2N4O4S.ClH/c1-6-46-31-23-27(36(2,3)4)11-16-30(31)35-39-33(25-7-12-28(37)13-8-25)34(26-9-14-29(38)15-10-26)42(35)32(43)24-41-19-17-40(18-20-41)21-22-47(5,44)45;/h7-16,23,33-34H,6,17-22,24H2,1-5H3;1H/t33-,34+;/m0./s1. The summed E-state index contributed by atoms with van der Waals surface area (Å²) in [4.78, 5) is 26.1. The second-order valence-corrected chi connectivity index (χ2v) is 16.5. The second-order valence-electron chi connectivity index (χ2n) is 13.4. The molecule has 0 aromatic heterocycles. The maximum Gasteiger partial charge on any atom is 0.242 e. The Balaban J connectivity index is 0.00000520. The number of amides is 1. The van der Waals surface area contributed by atoms with Crippen molar-refractivity contribution in [1.29, 1.82) is 0 Å². The van der Waals surface area contributed by atoms with E-state index < -0.39 is 21.9 Å². The lowest BCUT2D eigenvalue weighted by atomic mass is 9.86. The molecule has 0 aliphatic carbocycles. The van der Waals surface area contributed by atoms with Gasteiger partial charge in [0.2, 0.25) is 5.91 Å². The Hall–Kier alpha value is -2.66. The van der Waals surface area contributed by atoms with Crippen molar-refractivity contribution in [2.45, 2.75) is 45.2 Å². The first-order valence-corrected chi connectivity index (χ1v) is 18.9. The van der Waals surface area contributed by atoms with Gasteiger partial charge in [0, 0.05) is 49.0 Å². The number of piperazine rings is 1. The number of ether oxygens (including phenoxy) is 1. The number of carbonyl (C=O) groups excluding carboxylic acids is 1. The highest BCUT2D eigenvalue weighted by Crippen LogP contribution is 2.45. The fraction of sp³-hybridized carbons (Fsp3) is 0.444. The molecule has 0 spiro atoms. The van der Waals surface area contributed by atoms with Gasteiger partial charge in [-0.1, -0.05) is 74.3 Å². The first-order chi connectivity index (χ1) is 22.2. The van der Waals surface area contributed by atoms with Gasteiger partial charge in [-0.2, -0.15) is 0 Å². The van der Waals surface area contributed by atoms with Gasteiger partial charge in [-0.3, -0.25) is 24.5 Å². The number of benzene rings is 3. The van der Waals surface area contributed by atoms with E-state index in [-0.39, 0.29) is 36.0 Å². The van der Waals surface area contributed by atoms with Crippen LogP contribution in [0.1, 0.15) is 62.0 Å². The van der Waals surface area contributed by atoms with Gasteiger partial charge >= 0.3 is 0 Å². The lowest BCUT2D eigenvalue weighted by Gasteiger charge is -2.36. The summed E-state index contributed by atoms with van der Waals surface area (Å²) in [7, 11) is -3.04. The van der Waals surface area contributed by atoms with Gasteiger partial charge in [-0.25, -0.2) is 8.42 Å². The quantitative estimate of drug-likeness (QED) is 0.227. The Kier molecular flexibility index (Phi) is 12.6. The summed E-state index contributed by atoms with van der Waals surface area (Å²) in [5, 5.41) is 1.23. The summed E-state index contributed by atoms with van der Waals surface area (Å²) in [5.41, 5.74) is 3.63. The number of rotatable bonds is 10. The lowest BCUT2D eigenvalue weighted by Crippen LogP contribution is -2.51. The van der Waals surface area contributed by atoms with Gasteiger partial charge in [0.1, 0.15) is 27.5 Å². The molecule has 0 unspecified atom stereocenters. The predicted octanol–water partition coefficient (Wildman–Crippen LogP) is 6.85. The van der Waals surface area contributed by atoms with Crippen LogP contribution in [0.5, 0.6) is 5.75 Å². The summed E-state index contributed by atoms with van der Waals surface area (Å²) in [6, 6.07) is 20.6. The third-order valence-electron chi connectivity index (χ3n) is 8.75. The minimum Gasteiger partial charge on any atom is -0.493 e. The number of aliphatic imine (C=N–C) groups is 1. The van der Waals surface area contributed by atoms with E-state index in [0.717, 1.165) is 22.3 Å². The van der Waals surface area contributed by atoms with Gasteiger partial charge in [-0.05, 0) is 65.4 Å². The van der Waals surface area contributed by atoms with Crippen LogP contribution in [-0.2, 0) is 20.0 Å². The Labute approximate surface area is 301 Å². The van der Waals surface area contributed by atoms with E-state index in [1.807, 2.05) is 66.4 Å². The van der Waals surface area contributed by atoms with Crippen LogP contribution in [0.15, 0.2) is 71.7 Å². The molecule has 0 N–H and O–H groups in total. The zero-order chi connectivity index (χ0) is 33.9. The molecule has 0 saturated carbocycles. The number of halogens is 3. The van der Waals surface area contributed by atoms with E-state index in [2.05, 4.69) is 42.7 Å². The normalized spacial score (nSPS) is 19.1. The highest BCUT2D eigenvalue weighted by atomic mass is 35.5. The van der Waals surface area contributed by atoms with E-state index in [1.165, 1.54) is 6.26 Å². The maximum absolute atomic E-state index is 14.6. The first-order valence-electron chi connectivity index (χ1n) is 16.0. The number of carbonyl (C=O) groups is 1. The number of sulfone groups is 1. The molecule has 48 heavy (non-hydrogen) atoms. The zero-order valence-electron chi connectivity index (χ0n) is 28.2. The Morgan fingerprint density at radius 2 is 1.46 bits per heavy atom. The summed E-state index contributed by atoms with van der Waals surface area (Å²) in [5.74, 6) is 1.30. The number of hydrogen-bond acceptors (Lipinski definition) is 7. The van der Waals surface area contributed by atoms with Gasteiger partial charge in [-0.15, -0.1) is 12.4 Å². The van der Waals surface area contributed by atoms with Crippen molar-refractivity contribution in [1.82, 2.24) is 14.7 Å². The molecule has 3 aromatic carbocycles. The zero-order valence-corrected chi connectivity index (χ0v) is 31.3. The molecule has 1 amide bonds. The average Bonchev–Trinajstić information content (AvgIpc) is 3.41. The monoisotopic (exact) mass is 734 g/mol. The molecule has 12 heteroatoms. The van der Waals surface area contributed by atoms with Crippen molar-refractivity contribution in [2.75, 3.05) is 57.9 Å². The van der Waals surface area contributed by atoms with Crippen molar-refractivity contribution in [3.63, 3.8) is 0 Å². The number of amidine groups is 1. The molecular weight excluding hydrogens is 691 g/mol. The number of hydrogen-bond donors (Lipinski definition) is 0. The molecule has 2 aliphatic heterocycles. The molecule has 0 radical (unpaired) electrons. The first kappa shape index (κ1) is 38.1. The highest BCUT2D eigenvalue weighted by Gasteiger charge is 2.43. The fourth-order valence-electron chi connectivity index (χ4n) is 6.10. The van der Waals surface area contributed by atoms with Crippen LogP contribution in [0.2, 0.25) is 10.0 Å². The Bertz CT molecular complexity index is 1700. The third-order valence-corrected chi connectivity index (χ3v) is 10.2. The predicted molar refractivity (Wildman–Crippen MR) is 198 cm³/mol. The largest absolute Gasteiger partial charge is 0.493 e. The van der Waals surface area contributed by atoms with Crippen LogP contribution in [0.3, 0.4) is 0 Å². The lowest BCUT2D eigenvalue weighted by molar-refractivity contribution is -0.130. The third kappa shape index (κ3) is 9.31. The smallest absolute Gasteiger partial charge is 0.242 e. The number of nitrogens with zero attached hydrogens (tertiary/aromatic N) is 4. The SMILES string of the molecule is CCOc1cc(C(C)(C)C)ccc1C1=N[C@@H](c2ccc(Cl)cc2)[C@@H](c2ccc(Cl)cc2)N1C(=O)CN1CCN(CCS(C)(=O)=O)CC1.Cl. The summed E-state index contributed by atoms with van der Waals surface area (Å²) >= 11 is 12.6. The van der Waals surface area contributed by atoms with Crippen LogP contribution >= 0.6 is 35.6 Å². The molecule has 2 atom stereocenters. The van der Waals surface area contributed by atoms with Crippen molar-refractivity contribution in [3.05, 3.63) is 99.0 Å². The molecule has 1 saturated heterocycles. The van der Waals surface area contributed by atoms with Gasteiger partial charge < -0.3 is 4.74 Å². The molecule has 8 nitrogen and oxygen atoms in total. The van der Waals surface area contributed by atoms with Crippen LogP contribution in [0.4, 0.5) is 0 Å². The highest BCUT2D eigenvalue weighted by molar-refractivity contribution is 7.90. The van der Waals surface area contributed by atoms with Crippen molar-refractivity contribution in [2.24, 2.45) is 4.99 Å². The maximum atomic E-state index is 14.6. The molecule has 2 aliphatic rings. The molecular formula is C36H45Cl3N4O4S. The molecule has 1 fully saturated rings. The Morgan fingerprint density at radius 3 is 2.00 bits per heavy atom. The fourth-order valence-corrected chi connectivity index (χ4v) is 6.94. The molecule has 0 bridgehead atoms. The van der Waals surface area contributed by atoms with Gasteiger partial charge in [0.05, 0.1) is 30.5 Å². The summed E-state index contributed by atoms with van der Waals surface area (Å²) < 4.78 is 29.6. The average molecular weight is 736 g/mol. The van der Waals surface area contributed by atoms with Crippen molar-refractivity contribution in [3.8, 4) is 5.75 Å².